The predicted octanol–water partition coefficient (Wildman–Crippen LogP) is 5.26. The normalized spacial score (nSPS) is 17.7. The molecule has 0 radical (unpaired) electrons. The van der Waals surface area contributed by atoms with Gasteiger partial charge in [-0.05, 0) is 54.9 Å². The summed E-state index contributed by atoms with van der Waals surface area (Å²) in [6, 6.07) is 7.72. The Morgan fingerprint density at radius 3 is 2.77 bits per heavy atom. The lowest BCUT2D eigenvalue weighted by Gasteiger charge is -2.21. The molecule has 1 aliphatic rings. The van der Waals surface area contributed by atoms with Gasteiger partial charge < -0.3 is 9.47 Å². The van der Waals surface area contributed by atoms with E-state index in [2.05, 4.69) is 18.9 Å². The van der Waals surface area contributed by atoms with Crippen molar-refractivity contribution in [3.05, 3.63) is 41.5 Å². The smallest absolute Gasteiger partial charge is 0.307 e. The average molecular weight is 354 g/mol. The lowest BCUT2D eigenvalue weighted by atomic mass is 9.87. The molecule has 2 rings (SSSR count). The number of allylic oxidation sites excluding steroid dienone is 1. The monoisotopic (exact) mass is 354 g/mol. The largest absolute Gasteiger partial charge is 0.489 e. The molecule has 0 bridgehead atoms. The van der Waals surface area contributed by atoms with Crippen molar-refractivity contribution in [1.82, 2.24) is 0 Å². The number of ether oxygens (including phenoxy) is 2. The molecule has 0 aromatic heterocycles. The first-order valence-corrected chi connectivity index (χ1v) is 9.61. The van der Waals surface area contributed by atoms with Crippen molar-refractivity contribution in [2.45, 2.75) is 57.8 Å². The molecule has 3 nitrogen and oxygen atoms in total. The number of methoxy groups -OCH3 is 1. The molecule has 1 aliphatic carbocycles. The number of benzene rings is 1. The standard InChI is InChI=1S/C23H30O3/c1-4-6-8-18-9-7-10-19(15-18)17-26-22-13-11-21(12-14-22)20(5-2)16-23(24)25-3/h2,11-15,18,20H,4,6-10,16-17H2,1,3H3. The van der Waals surface area contributed by atoms with Crippen molar-refractivity contribution in [1.29, 1.82) is 0 Å². The zero-order valence-electron chi connectivity index (χ0n) is 16.0. The Morgan fingerprint density at radius 1 is 1.35 bits per heavy atom. The second-order valence-electron chi connectivity index (χ2n) is 6.98. The zero-order chi connectivity index (χ0) is 18.8. The molecule has 1 aromatic rings. The second-order valence-corrected chi connectivity index (χ2v) is 6.98. The summed E-state index contributed by atoms with van der Waals surface area (Å²) in [5.41, 5.74) is 2.34. The van der Waals surface area contributed by atoms with Gasteiger partial charge in [-0.3, -0.25) is 4.79 Å². The van der Waals surface area contributed by atoms with Gasteiger partial charge in [-0.25, -0.2) is 0 Å². The summed E-state index contributed by atoms with van der Waals surface area (Å²) in [5.74, 6) is 3.65. The summed E-state index contributed by atoms with van der Waals surface area (Å²) >= 11 is 0. The molecule has 0 saturated carbocycles. The van der Waals surface area contributed by atoms with E-state index in [9.17, 15) is 4.79 Å². The van der Waals surface area contributed by atoms with Crippen molar-refractivity contribution in [2.75, 3.05) is 13.7 Å². The van der Waals surface area contributed by atoms with E-state index in [-0.39, 0.29) is 18.3 Å². The number of unbranched alkanes of at least 4 members (excludes halogenated alkanes) is 1. The quantitative estimate of drug-likeness (QED) is 0.345. The van der Waals surface area contributed by atoms with E-state index in [4.69, 9.17) is 15.9 Å². The average Bonchev–Trinajstić information content (AvgIpc) is 2.69. The van der Waals surface area contributed by atoms with Gasteiger partial charge in [0.15, 0.2) is 0 Å². The van der Waals surface area contributed by atoms with Gasteiger partial charge in [0.05, 0.1) is 19.4 Å². The molecule has 1 aromatic carbocycles. The highest BCUT2D eigenvalue weighted by atomic mass is 16.5. The molecule has 0 N–H and O–H groups in total. The Balaban J connectivity index is 1.89. The molecular weight excluding hydrogens is 324 g/mol. The molecule has 0 spiro atoms. The van der Waals surface area contributed by atoms with E-state index in [0.29, 0.717) is 6.61 Å². The first-order chi connectivity index (χ1) is 12.7. The van der Waals surface area contributed by atoms with Crippen molar-refractivity contribution in [3.63, 3.8) is 0 Å². The Morgan fingerprint density at radius 2 is 2.12 bits per heavy atom. The topological polar surface area (TPSA) is 35.5 Å². The maximum Gasteiger partial charge on any atom is 0.307 e. The molecule has 0 aliphatic heterocycles. The van der Waals surface area contributed by atoms with Crippen LogP contribution in [0.4, 0.5) is 0 Å². The number of rotatable bonds is 9. The first kappa shape index (κ1) is 20.1. The zero-order valence-corrected chi connectivity index (χ0v) is 16.0. The highest BCUT2D eigenvalue weighted by Crippen LogP contribution is 2.28. The molecule has 0 heterocycles. The van der Waals surface area contributed by atoms with E-state index in [1.54, 1.807) is 0 Å². The summed E-state index contributed by atoms with van der Waals surface area (Å²) in [6.07, 6.45) is 15.7. The van der Waals surface area contributed by atoms with Crippen molar-refractivity contribution < 1.29 is 14.3 Å². The van der Waals surface area contributed by atoms with E-state index >= 15 is 0 Å². The Labute approximate surface area is 157 Å². The van der Waals surface area contributed by atoms with Crippen molar-refractivity contribution >= 4 is 5.97 Å². The van der Waals surface area contributed by atoms with Crippen LogP contribution in [-0.2, 0) is 9.53 Å². The predicted molar refractivity (Wildman–Crippen MR) is 105 cm³/mol. The minimum absolute atomic E-state index is 0.194. The maximum absolute atomic E-state index is 11.4. The van der Waals surface area contributed by atoms with Crippen LogP contribution in [-0.4, -0.2) is 19.7 Å². The van der Waals surface area contributed by atoms with Gasteiger partial charge in [-0.2, -0.15) is 0 Å². The van der Waals surface area contributed by atoms with Crippen LogP contribution in [0.3, 0.4) is 0 Å². The van der Waals surface area contributed by atoms with E-state index in [0.717, 1.165) is 23.7 Å². The third-order valence-electron chi connectivity index (χ3n) is 4.98. The highest BCUT2D eigenvalue weighted by Gasteiger charge is 2.15. The number of terminal acetylenes is 1. The number of esters is 1. The Kier molecular flexibility index (Phi) is 8.28. The summed E-state index contributed by atoms with van der Waals surface area (Å²) in [4.78, 5) is 11.4. The lowest BCUT2D eigenvalue weighted by Crippen LogP contribution is -2.10. The van der Waals surface area contributed by atoms with Crippen molar-refractivity contribution in [2.24, 2.45) is 5.92 Å². The third-order valence-corrected chi connectivity index (χ3v) is 4.98. The Hall–Kier alpha value is -2.21. The molecule has 0 saturated heterocycles. The molecule has 140 valence electrons. The van der Waals surface area contributed by atoms with Crippen LogP contribution in [0.2, 0.25) is 0 Å². The molecule has 2 unspecified atom stereocenters. The molecular formula is C23H30O3. The van der Waals surface area contributed by atoms with Crippen LogP contribution >= 0.6 is 0 Å². The lowest BCUT2D eigenvalue weighted by molar-refractivity contribution is -0.140. The highest BCUT2D eigenvalue weighted by molar-refractivity contribution is 5.71. The van der Waals surface area contributed by atoms with Gasteiger partial charge in [0, 0.05) is 0 Å². The number of hydrogen-bond acceptors (Lipinski definition) is 3. The fourth-order valence-corrected chi connectivity index (χ4v) is 3.40. The molecule has 26 heavy (non-hydrogen) atoms. The summed E-state index contributed by atoms with van der Waals surface area (Å²) in [6.45, 7) is 2.90. The van der Waals surface area contributed by atoms with Gasteiger partial charge in [-0.1, -0.05) is 43.9 Å². The van der Waals surface area contributed by atoms with Gasteiger partial charge in [0.2, 0.25) is 0 Å². The number of carbonyl (C=O) groups is 1. The van der Waals surface area contributed by atoms with E-state index in [1.807, 2.05) is 24.3 Å². The number of hydrogen-bond donors (Lipinski definition) is 0. The minimum atomic E-state index is -0.296. The molecule has 0 amide bonds. The van der Waals surface area contributed by atoms with Crippen molar-refractivity contribution in [3.8, 4) is 18.1 Å². The van der Waals surface area contributed by atoms with Crippen LogP contribution < -0.4 is 4.74 Å². The molecule has 3 heteroatoms. The van der Waals surface area contributed by atoms with Gasteiger partial charge in [0.25, 0.3) is 0 Å². The van der Waals surface area contributed by atoms with Crippen LogP contribution in [0.25, 0.3) is 0 Å². The molecule has 0 fully saturated rings. The molecule has 2 atom stereocenters. The second kappa shape index (κ2) is 10.7. The van der Waals surface area contributed by atoms with E-state index < -0.39 is 0 Å². The van der Waals surface area contributed by atoms with Crippen LogP contribution in [0.15, 0.2) is 35.9 Å². The Bertz CT molecular complexity index is 636. The third kappa shape index (κ3) is 6.26. The first-order valence-electron chi connectivity index (χ1n) is 9.61. The van der Waals surface area contributed by atoms with Gasteiger partial charge >= 0.3 is 5.97 Å². The van der Waals surface area contributed by atoms with Gasteiger partial charge in [-0.15, -0.1) is 6.42 Å². The summed E-state index contributed by atoms with van der Waals surface area (Å²) in [7, 11) is 1.37. The van der Waals surface area contributed by atoms with Crippen LogP contribution in [0, 0.1) is 18.3 Å². The van der Waals surface area contributed by atoms with E-state index in [1.165, 1.54) is 44.8 Å². The number of carbonyl (C=O) groups excluding carboxylic acids is 1. The fourth-order valence-electron chi connectivity index (χ4n) is 3.40. The van der Waals surface area contributed by atoms with Crippen LogP contribution in [0.5, 0.6) is 5.75 Å². The summed E-state index contributed by atoms with van der Waals surface area (Å²) < 4.78 is 10.7. The maximum atomic E-state index is 11.4. The minimum Gasteiger partial charge on any atom is -0.489 e. The van der Waals surface area contributed by atoms with Crippen LogP contribution in [0.1, 0.15) is 63.4 Å². The fraction of sp³-hybridized carbons (Fsp3) is 0.522. The van der Waals surface area contributed by atoms with Gasteiger partial charge in [0.1, 0.15) is 12.4 Å². The SMILES string of the molecule is C#CC(CC(=O)OC)c1ccc(OCC2=CC(CCCC)CCC2)cc1. The summed E-state index contributed by atoms with van der Waals surface area (Å²) in [5, 5.41) is 0.